The molecule has 1 rings (SSSR count). The molecular formula is C34H63NO6. The van der Waals surface area contributed by atoms with Crippen molar-refractivity contribution in [2.45, 2.75) is 127 Å². The predicted molar refractivity (Wildman–Crippen MR) is 173 cm³/mol. The van der Waals surface area contributed by atoms with E-state index >= 15 is 0 Å². The van der Waals surface area contributed by atoms with Gasteiger partial charge in [-0.2, -0.15) is 0 Å². The van der Waals surface area contributed by atoms with Gasteiger partial charge in [0.2, 0.25) is 0 Å². The zero-order valence-electron chi connectivity index (χ0n) is 28.1. The lowest BCUT2D eigenvalue weighted by molar-refractivity contribution is -0.150. The Bertz CT molecular complexity index is 810. The molecular weight excluding hydrogens is 518 g/mol. The minimum atomic E-state index is -1.05. The van der Waals surface area contributed by atoms with Crippen molar-refractivity contribution >= 4 is 17.5 Å². The Balaban J connectivity index is -0.000000750. The highest BCUT2D eigenvalue weighted by Gasteiger charge is 2.39. The van der Waals surface area contributed by atoms with Crippen LogP contribution in [-0.4, -0.2) is 58.7 Å². The van der Waals surface area contributed by atoms with Crippen LogP contribution in [0.4, 0.5) is 0 Å². The molecule has 3 N–H and O–H groups in total. The van der Waals surface area contributed by atoms with Gasteiger partial charge in [0.25, 0.3) is 0 Å². The van der Waals surface area contributed by atoms with Crippen LogP contribution >= 0.6 is 0 Å². The number of allylic oxidation sites excluding steroid dienone is 3. The Morgan fingerprint density at radius 3 is 2.22 bits per heavy atom. The summed E-state index contributed by atoms with van der Waals surface area (Å²) in [6.07, 6.45) is 11.7. The molecule has 7 heteroatoms. The first-order valence-corrected chi connectivity index (χ1v) is 15.4. The van der Waals surface area contributed by atoms with Gasteiger partial charge in [-0.05, 0) is 64.0 Å². The van der Waals surface area contributed by atoms with E-state index in [2.05, 4.69) is 25.8 Å². The van der Waals surface area contributed by atoms with E-state index in [1.165, 1.54) is 6.42 Å². The number of aliphatic hydroxyl groups excluding tert-OH is 3. The molecule has 0 fully saturated rings. The third kappa shape index (κ3) is 21.3. The lowest BCUT2D eigenvalue weighted by atomic mass is 9.74. The number of hydrogen-bond donors (Lipinski definition) is 3. The fraction of sp³-hybridized carbons (Fsp3) is 0.735. The van der Waals surface area contributed by atoms with Gasteiger partial charge in [0.1, 0.15) is 5.78 Å². The lowest BCUT2D eigenvalue weighted by Gasteiger charge is -2.32. The molecule has 41 heavy (non-hydrogen) atoms. The van der Waals surface area contributed by atoms with Crippen molar-refractivity contribution in [3.05, 3.63) is 35.6 Å². The molecule has 0 aromatic heterocycles. The van der Waals surface area contributed by atoms with E-state index in [1.807, 2.05) is 58.9 Å². The normalized spacial score (nSPS) is 24.3. The first-order valence-electron chi connectivity index (χ1n) is 15.4. The number of Topliss-reactive ketones (excluding diaryl/α,β-unsaturated/α-hetero) is 1. The summed E-state index contributed by atoms with van der Waals surface area (Å²) >= 11 is 0. The number of hydrogen-bond acceptors (Lipinski definition) is 7. The molecule has 0 saturated carbocycles. The van der Waals surface area contributed by atoms with E-state index in [4.69, 9.17) is 9.84 Å². The molecule has 1 unspecified atom stereocenters. The minimum Gasteiger partial charge on any atom is -0.465 e. The maximum atomic E-state index is 12.8. The second-order valence-electron chi connectivity index (χ2n) is 10.9. The van der Waals surface area contributed by atoms with Crippen molar-refractivity contribution in [2.24, 2.45) is 22.2 Å². The third-order valence-electron chi connectivity index (χ3n) is 6.43. The number of carbonyl (C=O) groups is 2. The van der Waals surface area contributed by atoms with E-state index in [0.29, 0.717) is 12.3 Å². The zero-order valence-corrected chi connectivity index (χ0v) is 28.1. The number of ether oxygens (including phenoxy) is 1. The van der Waals surface area contributed by atoms with Gasteiger partial charge in [-0.1, -0.05) is 86.5 Å². The van der Waals surface area contributed by atoms with Crippen LogP contribution in [0.15, 0.2) is 40.6 Å². The Labute approximate surface area is 251 Å². The van der Waals surface area contributed by atoms with Crippen LogP contribution in [0.25, 0.3) is 0 Å². The topological polar surface area (TPSA) is 116 Å². The van der Waals surface area contributed by atoms with E-state index < -0.39 is 17.5 Å². The second kappa shape index (κ2) is 26.8. The number of ketones is 1. The Kier molecular flexibility index (Phi) is 28.3. The van der Waals surface area contributed by atoms with Gasteiger partial charge in [0.15, 0.2) is 0 Å². The fourth-order valence-electron chi connectivity index (χ4n) is 4.08. The van der Waals surface area contributed by atoms with Crippen molar-refractivity contribution in [1.82, 2.24) is 0 Å². The average molecular weight is 582 g/mol. The van der Waals surface area contributed by atoms with E-state index in [9.17, 15) is 19.8 Å². The predicted octanol–water partition coefficient (Wildman–Crippen LogP) is 7.39. The highest BCUT2D eigenvalue weighted by atomic mass is 16.5. The zero-order chi connectivity index (χ0) is 32.4. The van der Waals surface area contributed by atoms with Crippen molar-refractivity contribution in [3.63, 3.8) is 0 Å². The summed E-state index contributed by atoms with van der Waals surface area (Å²) in [4.78, 5) is 28.8. The number of rotatable bonds is 4. The highest BCUT2D eigenvalue weighted by molar-refractivity contribution is 5.87. The van der Waals surface area contributed by atoms with Crippen LogP contribution in [0.3, 0.4) is 0 Å². The van der Waals surface area contributed by atoms with Crippen molar-refractivity contribution in [1.29, 1.82) is 0 Å². The summed E-state index contributed by atoms with van der Waals surface area (Å²) in [6.45, 7) is 21.6. The molecule has 0 aromatic rings. The monoisotopic (exact) mass is 581 g/mol. The van der Waals surface area contributed by atoms with Gasteiger partial charge in [0.05, 0.1) is 43.5 Å². The maximum absolute atomic E-state index is 12.8. The molecule has 0 bridgehead atoms. The maximum Gasteiger partial charge on any atom is 0.308 e. The van der Waals surface area contributed by atoms with Crippen molar-refractivity contribution < 1.29 is 29.6 Å². The molecule has 1 heterocycles. The summed E-state index contributed by atoms with van der Waals surface area (Å²) in [7, 11) is 0. The van der Waals surface area contributed by atoms with E-state index in [0.717, 1.165) is 42.7 Å². The largest absolute Gasteiger partial charge is 0.465 e. The van der Waals surface area contributed by atoms with Crippen LogP contribution < -0.4 is 0 Å². The van der Waals surface area contributed by atoms with Crippen molar-refractivity contribution in [2.75, 3.05) is 19.8 Å². The summed E-state index contributed by atoms with van der Waals surface area (Å²) in [6, 6.07) is 0. The fourth-order valence-corrected chi connectivity index (χ4v) is 4.08. The van der Waals surface area contributed by atoms with Gasteiger partial charge in [-0.25, -0.2) is 0 Å². The Morgan fingerprint density at radius 1 is 1.15 bits per heavy atom. The van der Waals surface area contributed by atoms with Crippen molar-refractivity contribution in [3.8, 4) is 0 Å². The summed E-state index contributed by atoms with van der Waals surface area (Å²) in [5.41, 5.74) is 1.61. The molecule has 0 aliphatic carbocycles. The standard InChI is InChI=1S/C20H34O5.C9H15NO.C3H8.C2H6/c1-14-7-5-8-16(13-21)9-6-10-25-18(23)12-17(22)20(3,4)19(24)15(2)11-14;1-4-6-9(5-2)10-8(3)7-11;1-3-2;1-2/h9,14-15,17,21-22H,5-8,10-13H2,1-4H3;4-6,11H,7H2,1-3H3;3H2,1-2H3;1-2H3/b16-9+;6-4-,9-5-,10-8?;;/t14-,15?,17-;;;/m0.../s1. The van der Waals surface area contributed by atoms with Crippen LogP contribution in [0.5, 0.6) is 0 Å². The van der Waals surface area contributed by atoms with Crippen LogP contribution in [0.2, 0.25) is 0 Å². The number of aliphatic imine (C=N–C) groups is 1. The van der Waals surface area contributed by atoms with Gasteiger partial charge in [-0.15, -0.1) is 0 Å². The highest BCUT2D eigenvalue weighted by Crippen LogP contribution is 2.31. The molecule has 7 nitrogen and oxygen atoms in total. The van der Waals surface area contributed by atoms with Crippen LogP contribution in [0.1, 0.15) is 121 Å². The third-order valence-corrected chi connectivity index (χ3v) is 6.43. The number of esters is 1. The second-order valence-corrected chi connectivity index (χ2v) is 10.9. The van der Waals surface area contributed by atoms with Gasteiger partial charge >= 0.3 is 5.97 Å². The number of aliphatic hydroxyl groups is 3. The smallest absolute Gasteiger partial charge is 0.308 e. The van der Waals surface area contributed by atoms with Gasteiger partial charge in [-0.3, -0.25) is 14.6 Å². The summed E-state index contributed by atoms with van der Waals surface area (Å²) in [5.74, 6) is -0.288. The molecule has 0 spiro atoms. The van der Waals surface area contributed by atoms with Gasteiger partial charge in [0, 0.05) is 11.6 Å². The molecule has 0 radical (unpaired) electrons. The summed E-state index contributed by atoms with van der Waals surface area (Å²) in [5, 5.41) is 28.5. The first kappa shape index (κ1) is 43.4. The number of carbonyl (C=O) groups excluding carboxylic acids is 2. The van der Waals surface area contributed by atoms with E-state index in [1.54, 1.807) is 20.8 Å². The average Bonchev–Trinajstić information content (AvgIpc) is 2.94. The Hall–Kier alpha value is -2.09. The minimum absolute atomic E-state index is 0.0114. The number of nitrogens with zero attached hydrogens (tertiary/aromatic N) is 1. The molecule has 240 valence electrons. The SMILES string of the molecule is C/C=C\C(=C\C)N=C(C)CO.CC.CC1C[C@@H](C)CCC/C(CO)=C\CCOC(=O)C[C@H](O)C(C)(C)C1=O.CCC. The molecule has 0 saturated heterocycles. The lowest BCUT2D eigenvalue weighted by Crippen LogP contribution is -2.42. The molecule has 1 aliphatic heterocycles. The molecule has 1 aliphatic rings. The van der Waals surface area contributed by atoms with E-state index in [-0.39, 0.29) is 37.9 Å². The number of cyclic esters (lactones) is 1. The molecule has 0 aromatic carbocycles. The Morgan fingerprint density at radius 2 is 1.73 bits per heavy atom. The van der Waals surface area contributed by atoms with Crippen LogP contribution in [0, 0.1) is 17.3 Å². The van der Waals surface area contributed by atoms with Gasteiger partial charge < -0.3 is 20.1 Å². The quantitative estimate of drug-likeness (QED) is 0.138. The first-order chi connectivity index (χ1) is 19.3. The molecule has 0 amide bonds. The van der Waals surface area contributed by atoms with Crippen LogP contribution in [-0.2, 0) is 14.3 Å². The molecule has 3 atom stereocenters. The summed E-state index contributed by atoms with van der Waals surface area (Å²) < 4.78 is 5.14.